The maximum atomic E-state index is 12.9. The number of amides is 2. The molecule has 0 fully saturated rings. The Kier molecular flexibility index (Phi) is 5.76. The molecule has 0 atom stereocenters. The number of carbonyl (C=O) groups is 2. The quantitative estimate of drug-likeness (QED) is 0.681. The first-order valence-electron chi connectivity index (χ1n) is 8.75. The van der Waals surface area contributed by atoms with Gasteiger partial charge in [0.1, 0.15) is 11.5 Å². The predicted octanol–water partition coefficient (Wildman–Crippen LogP) is 4.16. The molecule has 6 nitrogen and oxygen atoms in total. The Morgan fingerprint density at radius 3 is 2.41 bits per heavy atom. The van der Waals surface area contributed by atoms with Crippen molar-refractivity contribution in [3.05, 3.63) is 77.6 Å². The first-order valence-corrected chi connectivity index (χ1v) is 8.75. The van der Waals surface area contributed by atoms with Gasteiger partial charge in [-0.3, -0.25) is 9.59 Å². The van der Waals surface area contributed by atoms with Crippen molar-refractivity contribution in [2.75, 3.05) is 11.9 Å². The zero-order valence-corrected chi connectivity index (χ0v) is 15.4. The van der Waals surface area contributed by atoms with Crippen molar-refractivity contribution in [3.63, 3.8) is 0 Å². The molecule has 0 unspecified atom stereocenters. The summed E-state index contributed by atoms with van der Waals surface area (Å²) in [5.41, 5.74) is 2.35. The van der Waals surface area contributed by atoms with Gasteiger partial charge in [0, 0.05) is 18.7 Å². The van der Waals surface area contributed by atoms with Gasteiger partial charge in [-0.05, 0) is 44.2 Å². The summed E-state index contributed by atoms with van der Waals surface area (Å²) in [6.45, 7) is 4.28. The molecule has 0 aliphatic heterocycles. The Labute approximate surface area is 157 Å². The van der Waals surface area contributed by atoms with Crippen LogP contribution in [0.1, 0.15) is 33.9 Å². The van der Waals surface area contributed by atoms with Gasteiger partial charge in [0.05, 0.1) is 24.6 Å². The first kappa shape index (κ1) is 18.5. The summed E-state index contributed by atoms with van der Waals surface area (Å²) in [6.07, 6.45) is 3.22. The van der Waals surface area contributed by atoms with Crippen LogP contribution in [0.5, 0.6) is 0 Å². The molecule has 0 radical (unpaired) electrons. The lowest BCUT2D eigenvalue weighted by atomic mass is 10.2. The number of rotatable bonds is 7. The number of nitrogens with one attached hydrogen (secondary N) is 1. The zero-order valence-electron chi connectivity index (χ0n) is 15.4. The van der Waals surface area contributed by atoms with E-state index in [2.05, 4.69) is 5.32 Å². The largest absolute Gasteiger partial charge is 0.469 e. The number of anilines is 1. The normalized spacial score (nSPS) is 10.6. The topological polar surface area (TPSA) is 75.7 Å². The lowest BCUT2D eigenvalue weighted by Crippen LogP contribution is -2.33. The average Bonchev–Trinajstić information content (AvgIpc) is 3.31. The second kappa shape index (κ2) is 8.40. The Bertz CT molecular complexity index is 895. The van der Waals surface area contributed by atoms with E-state index in [1.165, 1.54) is 6.26 Å². The van der Waals surface area contributed by atoms with Gasteiger partial charge in [0.2, 0.25) is 5.91 Å². The van der Waals surface area contributed by atoms with E-state index in [9.17, 15) is 9.59 Å². The number of nitrogens with zero attached hydrogens (tertiary/aromatic N) is 1. The predicted molar refractivity (Wildman–Crippen MR) is 101 cm³/mol. The summed E-state index contributed by atoms with van der Waals surface area (Å²) in [5.74, 6) is 0.859. The molecule has 27 heavy (non-hydrogen) atoms. The molecule has 0 spiro atoms. The van der Waals surface area contributed by atoms with E-state index in [1.807, 2.05) is 31.2 Å². The molecule has 6 heteroatoms. The minimum Gasteiger partial charge on any atom is -0.469 e. The molecule has 1 N–H and O–H groups in total. The van der Waals surface area contributed by atoms with Gasteiger partial charge in [-0.1, -0.05) is 17.7 Å². The van der Waals surface area contributed by atoms with Crippen molar-refractivity contribution in [3.8, 4) is 0 Å². The maximum Gasteiger partial charge on any atom is 0.257 e. The third-order valence-electron chi connectivity index (χ3n) is 4.25. The van der Waals surface area contributed by atoms with Gasteiger partial charge in [0.15, 0.2) is 0 Å². The number of carbonyl (C=O) groups excluding carboxylic acids is 2. The summed E-state index contributed by atoms with van der Waals surface area (Å²) in [6, 6.07) is 12.8. The van der Waals surface area contributed by atoms with E-state index in [0.717, 1.165) is 11.3 Å². The summed E-state index contributed by atoms with van der Waals surface area (Å²) >= 11 is 0. The Morgan fingerprint density at radius 1 is 1.00 bits per heavy atom. The highest BCUT2D eigenvalue weighted by Gasteiger charge is 2.21. The van der Waals surface area contributed by atoms with Crippen molar-refractivity contribution in [2.45, 2.75) is 26.8 Å². The van der Waals surface area contributed by atoms with Crippen LogP contribution in [0, 0.1) is 13.8 Å². The average molecular weight is 366 g/mol. The molecule has 0 aliphatic carbocycles. The summed E-state index contributed by atoms with van der Waals surface area (Å²) in [7, 11) is 0. The molecular weight excluding hydrogens is 344 g/mol. The molecule has 0 saturated heterocycles. The van der Waals surface area contributed by atoms with Gasteiger partial charge >= 0.3 is 0 Å². The molecular formula is C21H22N2O4. The second-order valence-corrected chi connectivity index (χ2v) is 6.36. The van der Waals surface area contributed by atoms with E-state index in [1.54, 1.807) is 36.3 Å². The first-order chi connectivity index (χ1) is 13.0. The molecule has 3 rings (SSSR count). The highest BCUT2D eigenvalue weighted by Crippen LogP contribution is 2.16. The summed E-state index contributed by atoms with van der Waals surface area (Å²) in [5, 5.41) is 2.85. The molecule has 1 aromatic carbocycles. The van der Waals surface area contributed by atoms with Crippen LogP contribution in [-0.2, 0) is 11.3 Å². The molecule has 140 valence electrons. The number of hydrogen-bond acceptors (Lipinski definition) is 4. The van der Waals surface area contributed by atoms with E-state index in [0.29, 0.717) is 17.1 Å². The number of aryl methyl sites for hydroxylation is 2. The molecule has 2 aromatic heterocycles. The minimum absolute atomic E-state index is 0.153. The van der Waals surface area contributed by atoms with Crippen LogP contribution in [0.2, 0.25) is 0 Å². The van der Waals surface area contributed by atoms with Gasteiger partial charge in [0.25, 0.3) is 5.91 Å². The molecule has 0 saturated carbocycles. The van der Waals surface area contributed by atoms with Crippen LogP contribution in [-0.4, -0.2) is 23.3 Å². The van der Waals surface area contributed by atoms with E-state index in [4.69, 9.17) is 8.83 Å². The van der Waals surface area contributed by atoms with Crippen LogP contribution in [0.25, 0.3) is 0 Å². The van der Waals surface area contributed by atoms with Crippen LogP contribution < -0.4 is 5.32 Å². The third kappa shape index (κ3) is 4.88. The highest BCUT2D eigenvalue weighted by atomic mass is 16.3. The smallest absolute Gasteiger partial charge is 0.257 e. The molecule has 3 aromatic rings. The summed E-state index contributed by atoms with van der Waals surface area (Å²) < 4.78 is 10.6. The van der Waals surface area contributed by atoms with Crippen molar-refractivity contribution < 1.29 is 18.4 Å². The maximum absolute atomic E-state index is 12.9. The number of benzene rings is 1. The fraction of sp³-hybridized carbons (Fsp3) is 0.238. The van der Waals surface area contributed by atoms with Crippen molar-refractivity contribution >= 4 is 17.5 Å². The minimum atomic E-state index is -0.194. The van der Waals surface area contributed by atoms with Crippen LogP contribution in [0.15, 0.2) is 63.8 Å². The summed E-state index contributed by atoms with van der Waals surface area (Å²) in [4.78, 5) is 26.7. The van der Waals surface area contributed by atoms with Gasteiger partial charge in [-0.25, -0.2) is 0 Å². The van der Waals surface area contributed by atoms with E-state index in [-0.39, 0.29) is 31.3 Å². The van der Waals surface area contributed by atoms with Crippen molar-refractivity contribution in [1.82, 2.24) is 4.90 Å². The fourth-order valence-electron chi connectivity index (χ4n) is 2.72. The highest BCUT2D eigenvalue weighted by molar-refractivity contribution is 5.96. The zero-order chi connectivity index (χ0) is 19.2. The Hall–Kier alpha value is -3.28. The van der Waals surface area contributed by atoms with Crippen molar-refractivity contribution in [2.24, 2.45) is 0 Å². The standard InChI is InChI=1S/C21H22N2O4/c1-15-5-7-17(8-6-15)22-20(24)9-11-23(14-18-4-3-12-27-18)21(25)19-10-13-26-16(19)2/h3-8,10,12-13H,9,11,14H2,1-2H3,(H,22,24). The third-order valence-corrected chi connectivity index (χ3v) is 4.25. The lowest BCUT2D eigenvalue weighted by Gasteiger charge is -2.21. The Balaban J connectivity index is 1.65. The van der Waals surface area contributed by atoms with Crippen LogP contribution in [0.3, 0.4) is 0 Å². The van der Waals surface area contributed by atoms with Crippen LogP contribution in [0.4, 0.5) is 5.69 Å². The number of furan rings is 2. The SMILES string of the molecule is Cc1ccc(NC(=O)CCN(Cc2ccco2)C(=O)c2ccoc2C)cc1. The second-order valence-electron chi connectivity index (χ2n) is 6.36. The van der Waals surface area contributed by atoms with E-state index >= 15 is 0 Å². The van der Waals surface area contributed by atoms with Gasteiger partial charge in [-0.2, -0.15) is 0 Å². The molecule has 0 aliphatic rings. The molecule has 2 heterocycles. The van der Waals surface area contributed by atoms with Gasteiger partial charge in [-0.15, -0.1) is 0 Å². The van der Waals surface area contributed by atoms with Gasteiger partial charge < -0.3 is 19.1 Å². The van der Waals surface area contributed by atoms with Crippen molar-refractivity contribution in [1.29, 1.82) is 0 Å². The molecule has 0 bridgehead atoms. The fourth-order valence-corrected chi connectivity index (χ4v) is 2.72. The Morgan fingerprint density at radius 2 is 1.78 bits per heavy atom. The monoisotopic (exact) mass is 366 g/mol. The molecule has 2 amide bonds. The van der Waals surface area contributed by atoms with Crippen LogP contribution >= 0.6 is 0 Å². The van der Waals surface area contributed by atoms with E-state index < -0.39 is 0 Å². The number of hydrogen-bond donors (Lipinski definition) is 1. The lowest BCUT2D eigenvalue weighted by molar-refractivity contribution is -0.116.